The molecule has 150 valence electrons. The molecule has 0 spiro atoms. The largest absolute Gasteiger partial charge is 0.302 e. The van der Waals surface area contributed by atoms with Gasteiger partial charge in [-0.05, 0) is 43.9 Å². The Balaban J connectivity index is 2.30. The predicted octanol–water partition coefficient (Wildman–Crippen LogP) is 4.48. The van der Waals surface area contributed by atoms with Gasteiger partial charge < -0.3 is 5.32 Å². The molecule has 1 heterocycles. The standard InChI is InChI=1S/C19H29N3O3S2/c1-5-11-22(12-6-2)27(24,25)15-9-10-16-17(13-15)26-19(20-16)21-18(23)14(7-3)8-4/h9-10,13-14H,5-8,11-12H2,1-4H3,(H,20,21,23). The summed E-state index contributed by atoms with van der Waals surface area (Å²) >= 11 is 1.31. The molecule has 0 aliphatic heterocycles. The minimum atomic E-state index is -3.53. The number of aromatic nitrogens is 1. The molecular weight excluding hydrogens is 382 g/mol. The van der Waals surface area contributed by atoms with Crippen LogP contribution in [0.5, 0.6) is 0 Å². The fraction of sp³-hybridized carbons (Fsp3) is 0.579. The molecule has 0 aliphatic carbocycles. The van der Waals surface area contributed by atoms with E-state index in [4.69, 9.17) is 0 Å². The second-order valence-corrected chi connectivity index (χ2v) is 9.52. The molecule has 0 saturated carbocycles. The van der Waals surface area contributed by atoms with Crippen LogP contribution in [-0.2, 0) is 14.8 Å². The van der Waals surface area contributed by atoms with Gasteiger partial charge in [-0.25, -0.2) is 13.4 Å². The van der Waals surface area contributed by atoms with Gasteiger partial charge in [0.2, 0.25) is 15.9 Å². The minimum Gasteiger partial charge on any atom is -0.302 e. The summed E-state index contributed by atoms with van der Waals surface area (Å²) in [6.07, 6.45) is 3.10. The molecule has 1 aromatic carbocycles. The molecule has 0 saturated heterocycles. The maximum atomic E-state index is 12.9. The van der Waals surface area contributed by atoms with Crippen LogP contribution in [0, 0.1) is 5.92 Å². The Kier molecular flexibility index (Phi) is 7.76. The molecule has 0 fully saturated rings. The van der Waals surface area contributed by atoms with E-state index in [0.29, 0.717) is 23.7 Å². The molecule has 0 unspecified atom stereocenters. The molecule has 27 heavy (non-hydrogen) atoms. The van der Waals surface area contributed by atoms with Crippen molar-refractivity contribution in [3.8, 4) is 0 Å². The molecular formula is C19H29N3O3S2. The number of fused-ring (bicyclic) bond motifs is 1. The van der Waals surface area contributed by atoms with E-state index in [1.54, 1.807) is 18.2 Å². The summed E-state index contributed by atoms with van der Waals surface area (Å²) in [7, 11) is -3.53. The van der Waals surface area contributed by atoms with E-state index in [2.05, 4.69) is 10.3 Å². The second kappa shape index (κ2) is 9.61. The molecule has 6 nitrogen and oxygen atoms in total. The van der Waals surface area contributed by atoms with Gasteiger partial charge in [-0.15, -0.1) is 0 Å². The molecule has 2 rings (SSSR count). The highest BCUT2D eigenvalue weighted by Gasteiger charge is 2.24. The van der Waals surface area contributed by atoms with E-state index in [1.807, 2.05) is 27.7 Å². The summed E-state index contributed by atoms with van der Waals surface area (Å²) in [5.74, 6) is -0.0754. The first-order valence-corrected chi connectivity index (χ1v) is 11.8. The van der Waals surface area contributed by atoms with Crippen molar-refractivity contribution in [3.63, 3.8) is 0 Å². The van der Waals surface area contributed by atoms with Gasteiger partial charge in [-0.1, -0.05) is 39.0 Å². The number of carbonyl (C=O) groups excluding carboxylic acids is 1. The Morgan fingerprint density at radius 1 is 1.15 bits per heavy atom. The number of nitrogens with one attached hydrogen (secondary N) is 1. The highest BCUT2D eigenvalue weighted by atomic mass is 32.2. The highest BCUT2D eigenvalue weighted by molar-refractivity contribution is 7.89. The van der Waals surface area contributed by atoms with Crippen molar-refractivity contribution in [2.45, 2.75) is 58.3 Å². The summed E-state index contributed by atoms with van der Waals surface area (Å²) in [6.45, 7) is 8.93. The zero-order valence-electron chi connectivity index (χ0n) is 16.5. The van der Waals surface area contributed by atoms with Crippen LogP contribution in [-0.4, -0.2) is 36.7 Å². The van der Waals surface area contributed by atoms with E-state index < -0.39 is 10.0 Å². The van der Waals surface area contributed by atoms with Crippen LogP contribution in [0.4, 0.5) is 5.13 Å². The van der Waals surface area contributed by atoms with Crippen LogP contribution in [0.15, 0.2) is 23.1 Å². The lowest BCUT2D eigenvalue weighted by Crippen LogP contribution is -2.32. The van der Waals surface area contributed by atoms with Gasteiger partial charge in [0.1, 0.15) is 0 Å². The first-order valence-electron chi connectivity index (χ1n) is 9.58. The third-order valence-electron chi connectivity index (χ3n) is 4.53. The zero-order valence-corrected chi connectivity index (χ0v) is 18.1. The van der Waals surface area contributed by atoms with Gasteiger partial charge >= 0.3 is 0 Å². The Hall–Kier alpha value is -1.51. The van der Waals surface area contributed by atoms with Gasteiger partial charge in [0, 0.05) is 19.0 Å². The quantitative estimate of drug-likeness (QED) is 0.625. The van der Waals surface area contributed by atoms with E-state index in [1.165, 1.54) is 15.6 Å². The molecule has 2 aromatic rings. The number of amides is 1. The van der Waals surface area contributed by atoms with E-state index in [-0.39, 0.29) is 16.7 Å². The Morgan fingerprint density at radius 2 is 1.78 bits per heavy atom. The molecule has 1 amide bonds. The summed E-state index contributed by atoms with van der Waals surface area (Å²) in [5.41, 5.74) is 0.691. The Morgan fingerprint density at radius 3 is 2.33 bits per heavy atom. The fourth-order valence-electron chi connectivity index (χ4n) is 2.99. The maximum Gasteiger partial charge on any atom is 0.243 e. The lowest BCUT2D eigenvalue weighted by atomic mass is 10.0. The molecule has 0 bridgehead atoms. The van der Waals surface area contributed by atoms with Crippen molar-refractivity contribution < 1.29 is 13.2 Å². The zero-order chi connectivity index (χ0) is 20.0. The number of benzene rings is 1. The predicted molar refractivity (Wildman–Crippen MR) is 112 cm³/mol. The molecule has 0 atom stereocenters. The highest BCUT2D eigenvalue weighted by Crippen LogP contribution is 2.30. The molecule has 0 aliphatic rings. The van der Waals surface area contributed by atoms with Crippen LogP contribution in [0.2, 0.25) is 0 Å². The number of carbonyl (C=O) groups is 1. The number of nitrogens with zero attached hydrogens (tertiary/aromatic N) is 2. The number of hydrogen-bond donors (Lipinski definition) is 1. The molecule has 1 aromatic heterocycles. The molecule has 8 heteroatoms. The van der Waals surface area contributed by atoms with Gasteiger partial charge in [0.25, 0.3) is 0 Å². The average molecular weight is 412 g/mol. The average Bonchev–Trinajstić information content (AvgIpc) is 3.03. The minimum absolute atomic E-state index is 0.0374. The number of anilines is 1. The number of thiazole rings is 1. The van der Waals surface area contributed by atoms with Gasteiger partial charge in [-0.2, -0.15) is 4.31 Å². The fourth-order valence-corrected chi connectivity index (χ4v) is 5.62. The Labute approximate surface area is 166 Å². The molecule has 1 N–H and O–H groups in total. The summed E-state index contributed by atoms with van der Waals surface area (Å²) in [6, 6.07) is 4.97. The van der Waals surface area contributed by atoms with Crippen LogP contribution in [0.25, 0.3) is 10.2 Å². The summed E-state index contributed by atoms with van der Waals surface area (Å²) in [4.78, 5) is 17.0. The van der Waals surface area contributed by atoms with Gasteiger partial charge in [0.05, 0.1) is 15.1 Å². The third kappa shape index (κ3) is 5.06. The SMILES string of the molecule is CCCN(CCC)S(=O)(=O)c1ccc2nc(NC(=O)C(CC)CC)sc2c1. The van der Waals surface area contributed by atoms with E-state index >= 15 is 0 Å². The topological polar surface area (TPSA) is 79.4 Å². The Bertz CT molecular complexity index is 867. The van der Waals surface area contributed by atoms with Crippen LogP contribution in [0.1, 0.15) is 53.4 Å². The number of sulfonamides is 1. The smallest absolute Gasteiger partial charge is 0.243 e. The van der Waals surface area contributed by atoms with Crippen molar-refractivity contribution >= 4 is 42.6 Å². The summed E-state index contributed by atoms with van der Waals surface area (Å²) < 4.78 is 28.2. The van der Waals surface area contributed by atoms with Crippen molar-refractivity contribution in [1.82, 2.24) is 9.29 Å². The lowest BCUT2D eigenvalue weighted by molar-refractivity contribution is -0.120. The third-order valence-corrected chi connectivity index (χ3v) is 7.36. The molecule has 0 radical (unpaired) electrons. The van der Waals surface area contributed by atoms with Crippen LogP contribution >= 0.6 is 11.3 Å². The van der Waals surface area contributed by atoms with Crippen LogP contribution in [0.3, 0.4) is 0 Å². The van der Waals surface area contributed by atoms with Crippen molar-refractivity contribution in [1.29, 1.82) is 0 Å². The number of hydrogen-bond acceptors (Lipinski definition) is 5. The maximum absolute atomic E-state index is 12.9. The van der Waals surface area contributed by atoms with Gasteiger partial charge in [0.15, 0.2) is 5.13 Å². The van der Waals surface area contributed by atoms with Crippen molar-refractivity contribution in [2.75, 3.05) is 18.4 Å². The van der Waals surface area contributed by atoms with Crippen molar-refractivity contribution in [2.24, 2.45) is 5.92 Å². The second-order valence-electron chi connectivity index (χ2n) is 6.56. The van der Waals surface area contributed by atoms with Gasteiger partial charge in [-0.3, -0.25) is 4.79 Å². The van der Waals surface area contributed by atoms with Crippen LogP contribution < -0.4 is 5.32 Å². The summed E-state index contributed by atoms with van der Waals surface area (Å²) in [5, 5.41) is 3.37. The van der Waals surface area contributed by atoms with E-state index in [9.17, 15) is 13.2 Å². The monoisotopic (exact) mass is 411 g/mol. The van der Waals surface area contributed by atoms with E-state index in [0.717, 1.165) is 30.4 Å². The number of rotatable bonds is 10. The normalized spacial score (nSPS) is 12.2. The van der Waals surface area contributed by atoms with Crippen molar-refractivity contribution in [3.05, 3.63) is 18.2 Å². The lowest BCUT2D eigenvalue weighted by Gasteiger charge is -2.20. The first kappa shape index (κ1) is 21.8. The first-order chi connectivity index (χ1) is 12.9.